The van der Waals surface area contributed by atoms with Crippen LogP contribution in [0.15, 0.2) is 30.6 Å². The van der Waals surface area contributed by atoms with Crippen molar-refractivity contribution in [3.8, 4) is 0 Å². The monoisotopic (exact) mass is 570 g/mol. The largest absolute Gasteiger partial charge is 0.413 e. The molecule has 5 rings (SSSR count). The molecular weight excluding hydrogens is 545 g/mol. The second-order valence-electron chi connectivity index (χ2n) is 9.88. The number of carbonyl (C=O) groups is 1. The molecule has 0 spiro atoms. The third-order valence-corrected chi connectivity index (χ3v) is 9.23. The maximum absolute atomic E-state index is 14.2. The third-order valence-electron chi connectivity index (χ3n) is 7.33. The van der Waals surface area contributed by atoms with Gasteiger partial charge in [-0.05, 0) is 25.3 Å². The Bertz CT molecular complexity index is 1460. The van der Waals surface area contributed by atoms with Crippen LogP contribution in [0.1, 0.15) is 49.4 Å². The zero-order valence-corrected chi connectivity index (χ0v) is 22.3. The van der Waals surface area contributed by atoms with Crippen LogP contribution in [0.5, 0.6) is 0 Å². The van der Waals surface area contributed by atoms with Gasteiger partial charge in [-0.1, -0.05) is 24.6 Å². The van der Waals surface area contributed by atoms with Gasteiger partial charge in [-0.25, -0.2) is 22.9 Å². The van der Waals surface area contributed by atoms with Gasteiger partial charge in [-0.15, -0.1) is 0 Å². The maximum atomic E-state index is 14.2. The molecule has 2 atom stereocenters. The first-order chi connectivity index (χ1) is 17.9. The number of halogens is 4. The summed E-state index contributed by atoms with van der Waals surface area (Å²) in [6, 6.07) is 2.27. The Morgan fingerprint density at radius 1 is 1.16 bits per heavy atom. The molecule has 0 N–H and O–H groups in total. The number of pyridine rings is 1. The van der Waals surface area contributed by atoms with E-state index in [1.165, 1.54) is 12.1 Å². The van der Waals surface area contributed by atoms with Crippen molar-refractivity contribution in [2.75, 3.05) is 30.0 Å². The molecule has 0 radical (unpaired) electrons. The Balaban J connectivity index is 1.43. The molecule has 5 heterocycles. The van der Waals surface area contributed by atoms with E-state index in [0.29, 0.717) is 28.1 Å². The normalized spacial score (nSPS) is 20.8. The van der Waals surface area contributed by atoms with E-state index < -0.39 is 33.9 Å². The van der Waals surface area contributed by atoms with Crippen molar-refractivity contribution in [1.29, 1.82) is 0 Å². The number of sulfone groups is 1. The van der Waals surface area contributed by atoms with Crippen molar-refractivity contribution in [2.45, 2.75) is 44.3 Å². The molecule has 0 bridgehead atoms. The van der Waals surface area contributed by atoms with Gasteiger partial charge < -0.3 is 9.80 Å². The number of hydrogen-bond donors (Lipinski definition) is 0. The summed E-state index contributed by atoms with van der Waals surface area (Å²) in [5.74, 6) is -1.32. The number of alkyl halides is 3. The lowest BCUT2D eigenvalue weighted by molar-refractivity contribution is -0.190. The van der Waals surface area contributed by atoms with E-state index in [2.05, 4.69) is 22.0 Å². The standard InChI is InChI=1S/C24H26ClF3N6O3S/c1-14-5-8-33(17-13-30-20-11-18(25)31-34(20)21(14)17)19-4-3-16(12-29-19)22(24(26,27)28)32(2)23(35)15-6-9-38(36,37)10-7-15/h3-4,11-15,22H,5-10H2,1-2H3/t14?,22-/m0/s1. The average molecular weight is 571 g/mol. The summed E-state index contributed by atoms with van der Waals surface area (Å²) in [4.78, 5) is 24.2. The van der Waals surface area contributed by atoms with Crippen LogP contribution in [0.3, 0.4) is 0 Å². The third kappa shape index (κ3) is 4.93. The summed E-state index contributed by atoms with van der Waals surface area (Å²) in [6.07, 6.45) is -1.14. The minimum atomic E-state index is -4.75. The fourth-order valence-electron chi connectivity index (χ4n) is 5.30. The Morgan fingerprint density at radius 2 is 1.87 bits per heavy atom. The van der Waals surface area contributed by atoms with Crippen molar-refractivity contribution in [3.63, 3.8) is 0 Å². The molecule has 1 unspecified atom stereocenters. The number of amides is 1. The first kappa shape index (κ1) is 26.7. The Labute approximate surface area is 222 Å². The summed E-state index contributed by atoms with van der Waals surface area (Å²) < 4.78 is 67.7. The summed E-state index contributed by atoms with van der Waals surface area (Å²) in [6.45, 7) is 2.64. The van der Waals surface area contributed by atoms with Gasteiger partial charge in [-0.3, -0.25) is 4.79 Å². The second kappa shape index (κ2) is 9.67. The molecule has 1 amide bonds. The van der Waals surface area contributed by atoms with E-state index >= 15 is 0 Å². The van der Waals surface area contributed by atoms with E-state index in [0.717, 1.165) is 31.0 Å². The number of rotatable bonds is 4. The highest BCUT2D eigenvalue weighted by Crippen LogP contribution is 2.41. The molecule has 9 nitrogen and oxygen atoms in total. The van der Waals surface area contributed by atoms with E-state index in [4.69, 9.17) is 11.6 Å². The lowest BCUT2D eigenvalue weighted by Crippen LogP contribution is -2.44. The molecule has 0 aliphatic carbocycles. The van der Waals surface area contributed by atoms with Crippen molar-refractivity contribution in [1.82, 2.24) is 24.5 Å². The van der Waals surface area contributed by atoms with E-state index in [9.17, 15) is 26.4 Å². The number of nitrogens with zero attached hydrogens (tertiary/aromatic N) is 6. The van der Waals surface area contributed by atoms with Crippen molar-refractivity contribution >= 4 is 44.5 Å². The van der Waals surface area contributed by atoms with Crippen LogP contribution >= 0.6 is 11.6 Å². The van der Waals surface area contributed by atoms with Gasteiger partial charge in [-0.2, -0.15) is 18.3 Å². The van der Waals surface area contributed by atoms with Crippen LogP contribution < -0.4 is 4.90 Å². The lowest BCUT2D eigenvalue weighted by atomic mass is 9.97. The zero-order valence-electron chi connectivity index (χ0n) is 20.7. The van der Waals surface area contributed by atoms with E-state index in [-0.39, 0.29) is 35.8 Å². The molecule has 204 valence electrons. The summed E-state index contributed by atoms with van der Waals surface area (Å²) in [5.41, 5.74) is 2.04. The van der Waals surface area contributed by atoms with Crippen molar-refractivity contribution in [2.24, 2.45) is 5.92 Å². The van der Waals surface area contributed by atoms with E-state index in [1.807, 2.05) is 4.90 Å². The molecule has 38 heavy (non-hydrogen) atoms. The molecule has 0 saturated carbocycles. The smallest absolute Gasteiger partial charge is 0.330 e. The number of hydrogen-bond acceptors (Lipinski definition) is 7. The molecule has 1 saturated heterocycles. The molecule has 0 aromatic carbocycles. The molecule has 2 aliphatic heterocycles. The summed E-state index contributed by atoms with van der Waals surface area (Å²) >= 11 is 6.08. The molecule has 2 aliphatic rings. The Hall–Kier alpha value is -2.93. The van der Waals surface area contributed by atoms with Crippen LogP contribution in [0.4, 0.5) is 24.7 Å². The average Bonchev–Trinajstić information content (AvgIpc) is 3.24. The molecule has 14 heteroatoms. The summed E-state index contributed by atoms with van der Waals surface area (Å²) in [7, 11) is -2.15. The van der Waals surface area contributed by atoms with Gasteiger partial charge in [0.25, 0.3) is 0 Å². The number of fused-ring (bicyclic) bond motifs is 3. The number of anilines is 2. The predicted molar refractivity (Wildman–Crippen MR) is 135 cm³/mol. The minimum absolute atomic E-state index is 0.0167. The maximum Gasteiger partial charge on any atom is 0.413 e. The molecular formula is C24H26ClF3N6O3S. The SMILES string of the molecule is CC1CCN(c2ccc([C@H](N(C)C(=O)C3CCS(=O)(=O)CC3)C(F)(F)F)cn2)c2cnc3cc(Cl)nn3c21. The number of aromatic nitrogens is 4. The Morgan fingerprint density at radius 3 is 2.50 bits per heavy atom. The molecule has 1 fully saturated rings. The van der Waals surface area contributed by atoms with Crippen molar-refractivity contribution in [3.05, 3.63) is 47.0 Å². The van der Waals surface area contributed by atoms with Gasteiger partial charge in [0, 0.05) is 43.3 Å². The highest BCUT2D eigenvalue weighted by Gasteiger charge is 2.47. The fourth-order valence-corrected chi connectivity index (χ4v) is 6.97. The molecule has 3 aromatic rings. The van der Waals surface area contributed by atoms with Crippen LogP contribution in [0.25, 0.3) is 5.65 Å². The minimum Gasteiger partial charge on any atom is -0.330 e. The fraction of sp³-hybridized carbons (Fsp3) is 0.500. The topological polar surface area (TPSA) is 101 Å². The van der Waals surface area contributed by atoms with E-state index in [1.54, 1.807) is 16.8 Å². The van der Waals surface area contributed by atoms with Crippen LogP contribution in [0, 0.1) is 5.92 Å². The van der Waals surface area contributed by atoms with Gasteiger partial charge in [0.15, 0.2) is 16.8 Å². The van der Waals surface area contributed by atoms with Gasteiger partial charge in [0.1, 0.15) is 15.7 Å². The van der Waals surface area contributed by atoms with Crippen LogP contribution in [-0.4, -0.2) is 70.1 Å². The van der Waals surface area contributed by atoms with Crippen LogP contribution in [0.2, 0.25) is 5.15 Å². The van der Waals surface area contributed by atoms with Gasteiger partial charge in [0.05, 0.1) is 29.1 Å². The van der Waals surface area contributed by atoms with Gasteiger partial charge in [0.2, 0.25) is 5.91 Å². The zero-order chi connectivity index (χ0) is 27.4. The van der Waals surface area contributed by atoms with Crippen LogP contribution in [-0.2, 0) is 14.6 Å². The van der Waals surface area contributed by atoms with Gasteiger partial charge >= 0.3 is 6.18 Å². The first-order valence-electron chi connectivity index (χ1n) is 12.2. The predicted octanol–water partition coefficient (Wildman–Crippen LogP) is 4.31. The highest BCUT2D eigenvalue weighted by atomic mass is 35.5. The second-order valence-corrected chi connectivity index (χ2v) is 12.6. The van der Waals surface area contributed by atoms with Crippen molar-refractivity contribution < 1.29 is 26.4 Å². The lowest BCUT2D eigenvalue weighted by Gasteiger charge is -2.35. The molecule has 3 aromatic heterocycles. The number of carbonyl (C=O) groups excluding carboxylic acids is 1. The first-order valence-corrected chi connectivity index (χ1v) is 14.4. The summed E-state index contributed by atoms with van der Waals surface area (Å²) in [5, 5.41) is 4.64. The quantitative estimate of drug-likeness (QED) is 0.461. The highest BCUT2D eigenvalue weighted by molar-refractivity contribution is 7.91. The Kier molecular flexibility index (Phi) is 6.79.